The Labute approximate surface area is 101 Å². The molecule has 2 aliphatic carbocycles. The van der Waals surface area contributed by atoms with Crippen molar-refractivity contribution in [2.75, 3.05) is 0 Å². The SMILES string of the molecule is Cc1cc(C(=O)CC2CC3CCC2C3)cs1. The van der Waals surface area contributed by atoms with E-state index in [4.69, 9.17) is 0 Å². The summed E-state index contributed by atoms with van der Waals surface area (Å²) >= 11 is 1.69. The number of ketones is 1. The minimum atomic E-state index is 0.377. The summed E-state index contributed by atoms with van der Waals surface area (Å²) in [6.07, 6.45) is 6.33. The van der Waals surface area contributed by atoms with E-state index in [1.54, 1.807) is 11.3 Å². The minimum absolute atomic E-state index is 0.377. The van der Waals surface area contributed by atoms with E-state index in [2.05, 4.69) is 6.92 Å². The average Bonchev–Trinajstić information content (AvgIpc) is 2.92. The Balaban J connectivity index is 1.65. The van der Waals surface area contributed by atoms with Crippen LogP contribution in [0.3, 0.4) is 0 Å². The van der Waals surface area contributed by atoms with E-state index in [0.29, 0.717) is 11.7 Å². The third kappa shape index (κ3) is 1.84. The summed E-state index contributed by atoms with van der Waals surface area (Å²) in [5, 5.41) is 2.02. The number of hydrogen-bond donors (Lipinski definition) is 0. The van der Waals surface area contributed by atoms with Crippen LogP contribution < -0.4 is 0 Å². The monoisotopic (exact) mass is 234 g/mol. The quantitative estimate of drug-likeness (QED) is 0.721. The van der Waals surface area contributed by atoms with E-state index >= 15 is 0 Å². The molecule has 2 fully saturated rings. The molecule has 1 aromatic rings. The number of Topliss-reactive ketones (excluding diaryl/α,β-unsaturated/α-hetero) is 1. The van der Waals surface area contributed by atoms with Crippen LogP contribution in [0.5, 0.6) is 0 Å². The molecule has 0 spiro atoms. The zero-order chi connectivity index (χ0) is 11.1. The molecule has 0 saturated heterocycles. The normalized spacial score (nSPS) is 32.2. The second kappa shape index (κ2) is 3.99. The van der Waals surface area contributed by atoms with Crippen LogP contribution in [0.4, 0.5) is 0 Å². The summed E-state index contributed by atoms with van der Waals surface area (Å²) in [5.41, 5.74) is 0.949. The van der Waals surface area contributed by atoms with Crippen molar-refractivity contribution in [3.63, 3.8) is 0 Å². The molecule has 2 heteroatoms. The highest BCUT2D eigenvalue weighted by Crippen LogP contribution is 2.49. The van der Waals surface area contributed by atoms with Crippen LogP contribution in [-0.2, 0) is 0 Å². The Bertz CT molecular complexity index is 407. The Morgan fingerprint density at radius 1 is 1.44 bits per heavy atom. The van der Waals surface area contributed by atoms with E-state index in [9.17, 15) is 4.79 Å². The van der Waals surface area contributed by atoms with Crippen LogP contribution in [0.2, 0.25) is 0 Å². The van der Waals surface area contributed by atoms with Crippen molar-refractivity contribution >= 4 is 17.1 Å². The maximum Gasteiger partial charge on any atom is 0.164 e. The molecule has 0 amide bonds. The number of aryl methyl sites for hydroxylation is 1. The molecule has 2 bridgehead atoms. The summed E-state index contributed by atoms with van der Waals surface area (Å²) in [4.78, 5) is 13.3. The van der Waals surface area contributed by atoms with Crippen LogP contribution in [0.1, 0.15) is 47.3 Å². The topological polar surface area (TPSA) is 17.1 Å². The maximum absolute atomic E-state index is 12.1. The number of fused-ring (bicyclic) bond motifs is 2. The number of hydrogen-bond acceptors (Lipinski definition) is 2. The van der Waals surface area contributed by atoms with Gasteiger partial charge < -0.3 is 0 Å². The Morgan fingerprint density at radius 3 is 2.88 bits per heavy atom. The predicted molar refractivity (Wildman–Crippen MR) is 66.9 cm³/mol. The second-order valence-electron chi connectivity index (χ2n) is 5.51. The first-order valence-electron chi connectivity index (χ1n) is 6.30. The van der Waals surface area contributed by atoms with Gasteiger partial charge >= 0.3 is 0 Å². The van der Waals surface area contributed by atoms with Gasteiger partial charge in [0.05, 0.1) is 0 Å². The molecule has 3 atom stereocenters. The van der Waals surface area contributed by atoms with Crippen LogP contribution in [0.15, 0.2) is 11.4 Å². The lowest BCUT2D eigenvalue weighted by molar-refractivity contribution is 0.0944. The number of rotatable bonds is 3. The summed E-state index contributed by atoms with van der Waals surface area (Å²) in [6, 6.07) is 2.04. The lowest BCUT2D eigenvalue weighted by atomic mass is 9.84. The number of carbonyl (C=O) groups is 1. The van der Waals surface area contributed by atoms with Gasteiger partial charge in [0.2, 0.25) is 0 Å². The van der Waals surface area contributed by atoms with E-state index in [1.807, 2.05) is 11.4 Å². The van der Waals surface area contributed by atoms with Crippen molar-refractivity contribution in [3.8, 4) is 0 Å². The smallest absolute Gasteiger partial charge is 0.164 e. The van der Waals surface area contributed by atoms with Gasteiger partial charge in [0.25, 0.3) is 0 Å². The van der Waals surface area contributed by atoms with Gasteiger partial charge in [-0.15, -0.1) is 11.3 Å². The minimum Gasteiger partial charge on any atom is -0.294 e. The fourth-order valence-electron chi connectivity index (χ4n) is 3.57. The van der Waals surface area contributed by atoms with Gasteiger partial charge in [-0.2, -0.15) is 0 Å². The standard InChI is InChI=1S/C14H18OS/c1-9-4-13(8-16-9)14(15)7-12-6-10-2-3-11(12)5-10/h4,8,10-12H,2-3,5-7H2,1H3. The highest BCUT2D eigenvalue weighted by atomic mass is 32.1. The van der Waals surface area contributed by atoms with Crippen molar-refractivity contribution < 1.29 is 4.79 Å². The van der Waals surface area contributed by atoms with E-state index in [-0.39, 0.29) is 0 Å². The van der Waals surface area contributed by atoms with Gasteiger partial charge in [-0.25, -0.2) is 0 Å². The first-order chi connectivity index (χ1) is 7.72. The van der Waals surface area contributed by atoms with Crippen molar-refractivity contribution in [1.82, 2.24) is 0 Å². The van der Waals surface area contributed by atoms with Crippen molar-refractivity contribution in [2.24, 2.45) is 17.8 Å². The van der Waals surface area contributed by atoms with Gasteiger partial charge in [-0.1, -0.05) is 6.42 Å². The lowest BCUT2D eigenvalue weighted by Crippen LogP contribution is -2.14. The lowest BCUT2D eigenvalue weighted by Gasteiger charge is -2.20. The molecule has 0 aromatic carbocycles. The molecule has 0 N–H and O–H groups in total. The second-order valence-corrected chi connectivity index (χ2v) is 6.62. The zero-order valence-corrected chi connectivity index (χ0v) is 10.6. The highest BCUT2D eigenvalue weighted by molar-refractivity contribution is 7.10. The van der Waals surface area contributed by atoms with E-state index < -0.39 is 0 Å². The molecular formula is C14H18OS. The van der Waals surface area contributed by atoms with Gasteiger partial charge in [-0.05, 0) is 50.0 Å². The zero-order valence-electron chi connectivity index (χ0n) is 9.74. The molecule has 16 heavy (non-hydrogen) atoms. The van der Waals surface area contributed by atoms with Gasteiger partial charge in [0.1, 0.15) is 0 Å². The van der Waals surface area contributed by atoms with Crippen LogP contribution in [0, 0.1) is 24.7 Å². The van der Waals surface area contributed by atoms with Crippen molar-refractivity contribution in [1.29, 1.82) is 0 Å². The summed E-state index contributed by atoms with van der Waals surface area (Å²) < 4.78 is 0. The molecule has 0 radical (unpaired) electrons. The van der Waals surface area contributed by atoms with E-state index in [1.165, 1.54) is 30.6 Å². The third-order valence-corrected chi connectivity index (χ3v) is 5.25. The van der Waals surface area contributed by atoms with Gasteiger partial charge in [0, 0.05) is 22.2 Å². The first-order valence-corrected chi connectivity index (χ1v) is 7.18. The summed E-state index contributed by atoms with van der Waals surface area (Å²) in [6.45, 7) is 2.07. The largest absolute Gasteiger partial charge is 0.294 e. The molecule has 2 aliphatic rings. The van der Waals surface area contributed by atoms with Crippen LogP contribution >= 0.6 is 11.3 Å². The van der Waals surface area contributed by atoms with Crippen LogP contribution in [0.25, 0.3) is 0 Å². The van der Waals surface area contributed by atoms with Crippen molar-refractivity contribution in [2.45, 2.75) is 39.0 Å². The molecule has 3 unspecified atom stereocenters. The first kappa shape index (κ1) is 10.5. The molecule has 1 heterocycles. The molecule has 1 aromatic heterocycles. The molecule has 2 saturated carbocycles. The summed E-state index contributed by atoms with van der Waals surface area (Å²) in [7, 11) is 0. The van der Waals surface area contributed by atoms with Crippen molar-refractivity contribution in [3.05, 3.63) is 21.9 Å². The predicted octanol–water partition coefficient (Wildman–Crippen LogP) is 4.07. The maximum atomic E-state index is 12.1. The molecule has 86 valence electrons. The van der Waals surface area contributed by atoms with Gasteiger partial charge in [-0.3, -0.25) is 4.79 Å². The molecular weight excluding hydrogens is 216 g/mol. The van der Waals surface area contributed by atoms with E-state index in [0.717, 1.165) is 23.8 Å². The third-order valence-electron chi connectivity index (χ3n) is 4.38. The molecule has 0 aliphatic heterocycles. The van der Waals surface area contributed by atoms with Crippen LogP contribution in [-0.4, -0.2) is 5.78 Å². The Kier molecular flexibility index (Phi) is 2.62. The fraction of sp³-hybridized carbons (Fsp3) is 0.643. The number of thiophene rings is 1. The average molecular weight is 234 g/mol. The van der Waals surface area contributed by atoms with Gasteiger partial charge in [0.15, 0.2) is 5.78 Å². The molecule has 1 nitrogen and oxygen atoms in total. The highest BCUT2D eigenvalue weighted by Gasteiger charge is 2.40. The fourth-order valence-corrected chi connectivity index (χ4v) is 4.28. The number of carbonyl (C=O) groups excluding carboxylic acids is 1. The Morgan fingerprint density at radius 2 is 2.31 bits per heavy atom. The summed E-state index contributed by atoms with van der Waals surface area (Å²) in [5.74, 6) is 2.90. The Hall–Kier alpha value is -0.630. The molecule has 3 rings (SSSR count).